The third-order valence-electron chi connectivity index (χ3n) is 5.62. The SMILES string of the molecule is CC(C)CCOc1cccc(NC(=O)CNc2ccc(C(=O)NC3CCCCC3)cc2)c1. The van der Waals surface area contributed by atoms with Crippen molar-refractivity contribution in [3.8, 4) is 5.75 Å². The predicted molar refractivity (Wildman–Crippen MR) is 129 cm³/mol. The first-order valence-corrected chi connectivity index (χ1v) is 11.7. The first-order valence-electron chi connectivity index (χ1n) is 11.7. The van der Waals surface area contributed by atoms with Crippen LogP contribution in [0.5, 0.6) is 5.75 Å². The maximum Gasteiger partial charge on any atom is 0.251 e. The lowest BCUT2D eigenvalue weighted by Gasteiger charge is -2.22. The lowest BCUT2D eigenvalue weighted by Crippen LogP contribution is -2.36. The van der Waals surface area contributed by atoms with Crippen LogP contribution in [0.3, 0.4) is 0 Å². The van der Waals surface area contributed by atoms with Gasteiger partial charge in [0, 0.05) is 29.0 Å². The Hall–Kier alpha value is -3.02. The van der Waals surface area contributed by atoms with Gasteiger partial charge in [-0.1, -0.05) is 39.2 Å². The number of hydrogen-bond donors (Lipinski definition) is 3. The zero-order valence-corrected chi connectivity index (χ0v) is 19.2. The van der Waals surface area contributed by atoms with Gasteiger partial charge in [0.15, 0.2) is 0 Å². The molecule has 0 atom stereocenters. The molecule has 0 saturated heterocycles. The number of amides is 2. The van der Waals surface area contributed by atoms with E-state index in [2.05, 4.69) is 29.8 Å². The largest absolute Gasteiger partial charge is 0.494 e. The molecule has 1 aliphatic carbocycles. The van der Waals surface area contributed by atoms with Crippen LogP contribution in [0.15, 0.2) is 48.5 Å². The van der Waals surface area contributed by atoms with Gasteiger partial charge in [-0.2, -0.15) is 0 Å². The van der Waals surface area contributed by atoms with Crippen molar-refractivity contribution in [3.05, 3.63) is 54.1 Å². The molecule has 2 aromatic carbocycles. The van der Waals surface area contributed by atoms with E-state index in [1.807, 2.05) is 36.4 Å². The van der Waals surface area contributed by atoms with Crippen LogP contribution < -0.4 is 20.7 Å². The van der Waals surface area contributed by atoms with E-state index >= 15 is 0 Å². The minimum atomic E-state index is -0.150. The molecule has 0 spiro atoms. The summed E-state index contributed by atoms with van der Waals surface area (Å²) in [5.74, 6) is 1.16. The molecule has 0 bridgehead atoms. The van der Waals surface area contributed by atoms with E-state index < -0.39 is 0 Å². The number of rotatable bonds is 10. The molecule has 2 aromatic rings. The van der Waals surface area contributed by atoms with Crippen LogP contribution in [0.2, 0.25) is 0 Å². The number of nitrogens with one attached hydrogen (secondary N) is 3. The Morgan fingerprint density at radius 1 is 1.00 bits per heavy atom. The minimum Gasteiger partial charge on any atom is -0.494 e. The highest BCUT2D eigenvalue weighted by Gasteiger charge is 2.16. The number of benzene rings is 2. The molecule has 1 fully saturated rings. The van der Waals surface area contributed by atoms with Gasteiger partial charge >= 0.3 is 0 Å². The Morgan fingerprint density at radius 2 is 1.75 bits per heavy atom. The topological polar surface area (TPSA) is 79.5 Å². The highest BCUT2D eigenvalue weighted by molar-refractivity contribution is 5.95. The molecular weight excluding hydrogens is 402 g/mol. The van der Waals surface area contributed by atoms with Crippen molar-refractivity contribution < 1.29 is 14.3 Å². The van der Waals surface area contributed by atoms with E-state index in [0.717, 1.165) is 30.7 Å². The van der Waals surface area contributed by atoms with Gasteiger partial charge in [0.25, 0.3) is 5.91 Å². The van der Waals surface area contributed by atoms with Gasteiger partial charge in [-0.05, 0) is 61.6 Å². The summed E-state index contributed by atoms with van der Waals surface area (Å²) in [7, 11) is 0. The average Bonchev–Trinajstić information content (AvgIpc) is 2.79. The van der Waals surface area contributed by atoms with E-state index in [4.69, 9.17) is 4.74 Å². The fourth-order valence-corrected chi connectivity index (χ4v) is 3.72. The molecule has 0 radical (unpaired) electrons. The molecule has 3 rings (SSSR count). The normalized spacial score (nSPS) is 14.1. The van der Waals surface area contributed by atoms with Crippen molar-refractivity contribution in [2.45, 2.75) is 58.4 Å². The molecule has 0 heterocycles. The lowest BCUT2D eigenvalue weighted by molar-refractivity contribution is -0.114. The summed E-state index contributed by atoms with van der Waals surface area (Å²) in [5, 5.41) is 9.10. The number of anilines is 2. The Bertz CT molecular complexity index is 874. The Morgan fingerprint density at radius 3 is 2.47 bits per heavy atom. The van der Waals surface area contributed by atoms with Gasteiger partial charge in [0.1, 0.15) is 5.75 Å². The first-order chi connectivity index (χ1) is 15.5. The molecule has 1 aliphatic rings. The van der Waals surface area contributed by atoms with Crippen molar-refractivity contribution in [1.29, 1.82) is 0 Å². The highest BCUT2D eigenvalue weighted by atomic mass is 16.5. The smallest absolute Gasteiger partial charge is 0.251 e. The summed E-state index contributed by atoms with van der Waals surface area (Å²) in [6.45, 7) is 5.11. The molecule has 1 saturated carbocycles. The fraction of sp³-hybridized carbons (Fsp3) is 0.462. The van der Waals surface area contributed by atoms with Crippen LogP contribution in [0.25, 0.3) is 0 Å². The summed E-state index contributed by atoms with van der Waals surface area (Å²) in [4.78, 5) is 24.7. The first kappa shape index (κ1) is 23.6. The average molecular weight is 438 g/mol. The molecule has 3 N–H and O–H groups in total. The molecule has 2 amide bonds. The number of carbonyl (C=O) groups is 2. The van der Waals surface area contributed by atoms with Crippen LogP contribution in [0, 0.1) is 5.92 Å². The van der Waals surface area contributed by atoms with Crippen LogP contribution in [0.1, 0.15) is 62.7 Å². The van der Waals surface area contributed by atoms with E-state index in [0.29, 0.717) is 23.8 Å². The summed E-state index contributed by atoms with van der Waals surface area (Å²) >= 11 is 0. The summed E-state index contributed by atoms with van der Waals surface area (Å²) in [5.41, 5.74) is 2.13. The van der Waals surface area contributed by atoms with Gasteiger partial charge in [-0.25, -0.2) is 0 Å². The van der Waals surface area contributed by atoms with E-state index in [1.165, 1.54) is 19.3 Å². The Balaban J connectivity index is 1.43. The minimum absolute atomic E-state index is 0.0308. The zero-order chi connectivity index (χ0) is 22.8. The molecule has 6 heteroatoms. The van der Waals surface area contributed by atoms with Crippen LogP contribution in [-0.2, 0) is 4.79 Å². The molecule has 0 aromatic heterocycles. The van der Waals surface area contributed by atoms with Gasteiger partial charge in [-0.3, -0.25) is 9.59 Å². The van der Waals surface area contributed by atoms with Crippen LogP contribution in [-0.4, -0.2) is 31.0 Å². The lowest BCUT2D eigenvalue weighted by atomic mass is 9.95. The summed E-state index contributed by atoms with van der Waals surface area (Å²) in [6, 6.07) is 14.9. The van der Waals surface area contributed by atoms with E-state index in [1.54, 1.807) is 12.1 Å². The third-order valence-corrected chi connectivity index (χ3v) is 5.62. The second kappa shape index (κ2) is 12.1. The maximum atomic E-state index is 12.4. The van der Waals surface area contributed by atoms with Crippen molar-refractivity contribution in [1.82, 2.24) is 5.32 Å². The van der Waals surface area contributed by atoms with Crippen LogP contribution >= 0.6 is 0 Å². The van der Waals surface area contributed by atoms with Crippen molar-refractivity contribution in [2.75, 3.05) is 23.8 Å². The third kappa shape index (κ3) is 7.91. The van der Waals surface area contributed by atoms with Crippen molar-refractivity contribution in [3.63, 3.8) is 0 Å². The molecule has 0 aliphatic heterocycles. The summed E-state index contributed by atoms with van der Waals surface area (Å²) < 4.78 is 5.75. The molecule has 32 heavy (non-hydrogen) atoms. The Labute approximate surface area is 191 Å². The molecule has 172 valence electrons. The second-order valence-corrected chi connectivity index (χ2v) is 8.85. The monoisotopic (exact) mass is 437 g/mol. The van der Waals surface area contributed by atoms with Gasteiger partial charge in [-0.15, -0.1) is 0 Å². The summed E-state index contributed by atoms with van der Waals surface area (Å²) in [6.07, 6.45) is 6.75. The number of ether oxygens (including phenoxy) is 1. The quantitative estimate of drug-likeness (QED) is 0.476. The van der Waals surface area contributed by atoms with Crippen molar-refractivity contribution in [2.24, 2.45) is 5.92 Å². The predicted octanol–water partition coefficient (Wildman–Crippen LogP) is 5.22. The second-order valence-electron chi connectivity index (χ2n) is 8.85. The molecule has 6 nitrogen and oxygen atoms in total. The number of carbonyl (C=O) groups excluding carboxylic acids is 2. The molecule has 0 unspecified atom stereocenters. The van der Waals surface area contributed by atoms with Gasteiger partial charge < -0.3 is 20.7 Å². The van der Waals surface area contributed by atoms with Gasteiger partial charge in [0.2, 0.25) is 5.91 Å². The van der Waals surface area contributed by atoms with E-state index in [9.17, 15) is 9.59 Å². The standard InChI is InChI=1S/C26H35N3O3/c1-19(2)15-16-32-24-10-6-9-23(17-24)28-25(30)18-27-21-13-11-20(12-14-21)26(31)29-22-7-4-3-5-8-22/h6,9-14,17,19,22,27H,3-5,7-8,15-16,18H2,1-2H3,(H,28,30)(H,29,31). The number of hydrogen-bond acceptors (Lipinski definition) is 4. The van der Waals surface area contributed by atoms with Crippen LogP contribution in [0.4, 0.5) is 11.4 Å². The molecular formula is C26H35N3O3. The van der Waals surface area contributed by atoms with E-state index in [-0.39, 0.29) is 24.4 Å². The highest BCUT2D eigenvalue weighted by Crippen LogP contribution is 2.19. The maximum absolute atomic E-state index is 12.4. The van der Waals surface area contributed by atoms with Crippen molar-refractivity contribution >= 4 is 23.2 Å². The Kier molecular flexibility index (Phi) is 8.96. The zero-order valence-electron chi connectivity index (χ0n) is 19.2. The fourth-order valence-electron chi connectivity index (χ4n) is 3.72. The van der Waals surface area contributed by atoms with Gasteiger partial charge in [0.05, 0.1) is 13.2 Å².